The van der Waals surface area contributed by atoms with Gasteiger partial charge in [-0.15, -0.1) is 0 Å². The highest BCUT2D eigenvalue weighted by atomic mass is 16.6. The number of nitro benzene ring substituents is 1. The van der Waals surface area contributed by atoms with Crippen LogP contribution in [0.2, 0.25) is 0 Å². The zero-order valence-electron chi connectivity index (χ0n) is 13.6. The van der Waals surface area contributed by atoms with Gasteiger partial charge in [-0.25, -0.2) is 0 Å². The van der Waals surface area contributed by atoms with Crippen LogP contribution in [0, 0.1) is 16.0 Å². The van der Waals surface area contributed by atoms with Crippen molar-refractivity contribution in [2.75, 3.05) is 7.11 Å². The Morgan fingerprint density at radius 3 is 2.55 bits per heavy atom. The minimum atomic E-state index is -0.554. The largest absolute Gasteiger partial charge is 0.490 e. The average molecular weight is 308 g/mol. The highest BCUT2D eigenvalue weighted by Crippen LogP contribution is 2.27. The van der Waals surface area contributed by atoms with Gasteiger partial charge in [0.05, 0.1) is 12.0 Å². The summed E-state index contributed by atoms with van der Waals surface area (Å²) in [7, 11) is 1.36. The molecule has 0 bridgehead atoms. The third-order valence-electron chi connectivity index (χ3n) is 3.43. The number of ether oxygens (including phenoxy) is 1. The van der Waals surface area contributed by atoms with Gasteiger partial charge in [0.2, 0.25) is 0 Å². The van der Waals surface area contributed by atoms with Crippen molar-refractivity contribution >= 4 is 11.6 Å². The van der Waals surface area contributed by atoms with Gasteiger partial charge in [0.25, 0.3) is 5.91 Å². The van der Waals surface area contributed by atoms with Gasteiger partial charge in [0.1, 0.15) is 0 Å². The lowest BCUT2D eigenvalue weighted by Gasteiger charge is -2.14. The molecule has 0 aliphatic rings. The van der Waals surface area contributed by atoms with E-state index in [2.05, 4.69) is 19.2 Å². The molecule has 0 aliphatic heterocycles. The molecule has 0 saturated carbocycles. The van der Waals surface area contributed by atoms with Crippen molar-refractivity contribution in [3.63, 3.8) is 0 Å². The topological polar surface area (TPSA) is 81.5 Å². The zero-order valence-corrected chi connectivity index (χ0v) is 13.6. The number of rotatable bonds is 8. The summed E-state index contributed by atoms with van der Waals surface area (Å²) >= 11 is 0. The van der Waals surface area contributed by atoms with Crippen LogP contribution in [0.4, 0.5) is 5.69 Å². The van der Waals surface area contributed by atoms with Crippen molar-refractivity contribution in [3.05, 3.63) is 33.9 Å². The molecule has 0 spiro atoms. The summed E-state index contributed by atoms with van der Waals surface area (Å²) in [5, 5.41) is 13.8. The molecular formula is C16H24N2O4. The Morgan fingerprint density at radius 1 is 1.32 bits per heavy atom. The minimum absolute atomic E-state index is 0.0346. The first kappa shape index (κ1) is 17.9. The van der Waals surface area contributed by atoms with Crippen LogP contribution >= 0.6 is 0 Å². The molecule has 22 heavy (non-hydrogen) atoms. The molecule has 0 radical (unpaired) electrons. The van der Waals surface area contributed by atoms with E-state index < -0.39 is 4.92 Å². The molecule has 1 amide bonds. The first-order valence-corrected chi connectivity index (χ1v) is 7.48. The van der Waals surface area contributed by atoms with Gasteiger partial charge in [-0.1, -0.05) is 26.7 Å². The van der Waals surface area contributed by atoms with E-state index in [0.29, 0.717) is 5.92 Å². The predicted molar refractivity (Wildman–Crippen MR) is 85.3 cm³/mol. The van der Waals surface area contributed by atoms with Crippen molar-refractivity contribution in [2.24, 2.45) is 5.92 Å². The van der Waals surface area contributed by atoms with Crippen molar-refractivity contribution in [3.8, 4) is 5.75 Å². The first-order chi connectivity index (χ1) is 10.3. The average Bonchev–Trinajstić information content (AvgIpc) is 2.45. The smallest absolute Gasteiger partial charge is 0.311 e. The maximum absolute atomic E-state index is 12.2. The molecule has 1 atom stereocenters. The van der Waals surface area contributed by atoms with Crippen LogP contribution in [-0.4, -0.2) is 24.0 Å². The molecule has 0 heterocycles. The number of methoxy groups -OCH3 is 1. The molecule has 0 unspecified atom stereocenters. The lowest BCUT2D eigenvalue weighted by molar-refractivity contribution is -0.385. The van der Waals surface area contributed by atoms with Gasteiger partial charge in [0.15, 0.2) is 5.75 Å². The normalized spacial score (nSPS) is 12.0. The van der Waals surface area contributed by atoms with E-state index >= 15 is 0 Å². The molecule has 122 valence electrons. The fourth-order valence-corrected chi connectivity index (χ4v) is 2.19. The summed E-state index contributed by atoms with van der Waals surface area (Å²) < 4.78 is 4.92. The summed E-state index contributed by atoms with van der Waals surface area (Å²) in [5.41, 5.74) is 0.0609. The molecule has 1 aromatic carbocycles. The molecule has 6 nitrogen and oxygen atoms in total. The van der Waals surface area contributed by atoms with E-state index in [-0.39, 0.29) is 28.9 Å². The molecule has 1 N–H and O–H groups in total. The summed E-state index contributed by atoms with van der Waals surface area (Å²) in [5.74, 6) is 0.487. The lowest BCUT2D eigenvalue weighted by atomic mass is 10.0. The molecule has 0 aliphatic carbocycles. The number of hydrogen-bond donors (Lipinski definition) is 1. The van der Waals surface area contributed by atoms with Crippen LogP contribution < -0.4 is 10.1 Å². The molecule has 1 rings (SSSR count). The Kier molecular flexibility index (Phi) is 6.82. The third kappa shape index (κ3) is 5.35. The Bertz CT molecular complexity index is 529. The third-order valence-corrected chi connectivity index (χ3v) is 3.43. The van der Waals surface area contributed by atoms with Crippen LogP contribution in [0.3, 0.4) is 0 Å². The first-order valence-electron chi connectivity index (χ1n) is 7.48. The number of carbonyl (C=O) groups excluding carboxylic acids is 1. The standard InChI is InChI=1S/C16H24N2O4/c1-11(2)6-5-7-12(3)17-16(19)13-8-9-15(22-4)14(10-13)18(20)21/h8-12H,5-7H2,1-4H3,(H,17,19)/t12-/m1/s1. The molecule has 0 saturated heterocycles. The fraction of sp³-hybridized carbons (Fsp3) is 0.562. The maximum Gasteiger partial charge on any atom is 0.311 e. The van der Waals surface area contributed by atoms with Crippen molar-refractivity contribution in [1.82, 2.24) is 5.32 Å². The highest BCUT2D eigenvalue weighted by Gasteiger charge is 2.18. The van der Waals surface area contributed by atoms with Gasteiger partial charge in [-0.3, -0.25) is 14.9 Å². The monoisotopic (exact) mass is 308 g/mol. The number of hydrogen-bond acceptors (Lipinski definition) is 4. The van der Waals surface area contributed by atoms with Crippen LogP contribution in [0.15, 0.2) is 18.2 Å². The van der Waals surface area contributed by atoms with Crippen LogP contribution in [0.25, 0.3) is 0 Å². The molecule has 0 fully saturated rings. The van der Waals surface area contributed by atoms with Crippen molar-refractivity contribution in [1.29, 1.82) is 0 Å². The van der Waals surface area contributed by atoms with Gasteiger partial charge < -0.3 is 10.1 Å². The number of nitrogens with zero attached hydrogens (tertiary/aromatic N) is 1. The zero-order chi connectivity index (χ0) is 16.7. The number of benzene rings is 1. The Labute approximate surface area is 131 Å². The summed E-state index contributed by atoms with van der Waals surface area (Å²) in [4.78, 5) is 22.6. The second-order valence-corrected chi connectivity index (χ2v) is 5.84. The lowest BCUT2D eigenvalue weighted by Crippen LogP contribution is -2.32. The highest BCUT2D eigenvalue weighted by molar-refractivity contribution is 5.95. The molecule has 6 heteroatoms. The summed E-state index contributed by atoms with van der Waals surface area (Å²) in [6.45, 7) is 6.27. The number of nitrogens with one attached hydrogen (secondary N) is 1. The van der Waals surface area contributed by atoms with Gasteiger partial charge in [-0.2, -0.15) is 0 Å². The molecule has 1 aromatic rings. The van der Waals surface area contributed by atoms with Gasteiger partial charge in [0, 0.05) is 17.7 Å². The minimum Gasteiger partial charge on any atom is -0.490 e. The van der Waals surface area contributed by atoms with Crippen LogP contribution in [-0.2, 0) is 0 Å². The summed E-state index contributed by atoms with van der Waals surface area (Å²) in [6, 6.07) is 4.25. The Balaban J connectivity index is 2.69. The van der Waals surface area contributed by atoms with E-state index in [4.69, 9.17) is 4.74 Å². The number of carbonyl (C=O) groups is 1. The van der Waals surface area contributed by atoms with Crippen LogP contribution in [0.1, 0.15) is 50.4 Å². The second kappa shape index (κ2) is 8.36. The predicted octanol–water partition coefficient (Wildman–Crippen LogP) is 3.55. The fourth-order valence-electron chi connectivity index (χ4n) is 2.19. The number of nitro groups is 1. The SMILES string of the molecule is COc1ccc(C(=O)N[C@H](C)CCCC(C)C)cc1[N+](=O)[O-]. The van der Waals surface area contributed by atoms with E-state index in [1.165, 1.54) is 25.3 Å². The Hall–Kier alpha value is -2.11. The van der Waals surface area contributed by atoms with E-state index in [1.54, 1.807) is 0 Å². The maximum atomic E-state index is 12.2. The Morgan fingerprint density at radius 2 is 2.00 bits per heavy atom. The van der Waals surface area contributed by atoms with Crippen molar-refractivity contribution in [2.45, 2.75) is 46.1 Å². The summed E-state index contributed by atoms with van der Waals surface area (Å²) in [6.07, 6.45) is 3.05. The van der Waals surface area contributed by atoms with Gasteiger partial charge >= 0.3 is 5.69 Å². The van der Waals surface area contributed by atoms with E-state index in [1.807, 2.05) is 6.92 Å². The molecule has 0 aromatic heterocycles. The molecular weight excluding hydrogens is 284 g/mol. The number of amides is 1. The second-order valence-electron chi connectivity index (χ2n) is 5.84. The van der Waals surface area contributed by atoms with E-state index in [9.17, 15) is 14.9 Å². The van der Waals surface area contributed by atoms with E-state index in [0.717, 1.165) is 19.3 Å². The van der Waals surface area contributed by atoms with Crippen molar-refractivity contribution < 1.29 is 14.5 Å². The van der Waals surface area contributed by atoms with Crippen LogP contribution in [0.5, 0.6) is 5.75 Å². The van der Waals surface area contributed by atoms with Gasteiger partial charge in [-0.05, 0) is 31.4 Å². The quantitative estimate of drug-likeness (QED) is 0.588.